The molecule has 1 aliphatic heterocycles. The Labute approximate surface area is 127 Å². The molecule has 21 heavy (non-hydrogen) atoms. The molecule has 0 unspecified atom stereocenters. The molecule has 2 rings (SSSR count). The molecule has 1 amide bonds. The van der Waals surface area contributed by atoms with Gasteiger partial charge in [-0.15, -0.1) is 0 Å². The maximum Gasteiger partial charge on any atom is 0.255 e. The fraction of sp³-hybridized carbons (Fsp3) is 0.588. The molecule has 0 spiro atoms. The first kappa shape index (κ1) is 15.8. The number of nitrogens with one attached hydrogen (secondary N) is 1. The SMILES string of the molecule is CCOc1ccccc1C(=O)NCCCCN1CCCC1. The molecule has 0 aromatic heterocycles. The highest BCUT2D eigenvalue weighted by Gasteiger charge is 2.12. The molecule has 0 atom stereocenters. The number of hydrogen-bond acceptors (Lipinski definition) is 3. The van der Waals surface area contributed by atoms with E-state index in [-0.39, 0.29) is 5.91 Å². The topological polar surface area (TPSA) is 41.6 Å². The van der Waals surface area contributed by atoms with E-state index in [2.05, 4.69) is 10.2 Å². The average molecular weight is 290 g/mol. The fourth-order valence-electron chi connectivity index (χ4n) is 2.70. The predicted octanol–water partition coefficient (Wildman–Crippen LogP) is 2.69. The van der Waals surface area contributed by atoms with Crippen molar-refractivity contribution in [2.75, 3.05) is 32.8 Å². The van der Waals surface area contributed by atoms with Crippen LogP contribution in [-0.4, -0.2) is 43.6 Å². The van der Waals surface area contributed by atoms with Crippen molar-refractivity contribution in [3.05, 3.63) is 29.8 Å². The van der Waals surface area contributed by atoms with Gasteiger partial charge in [0, 0.05) is 6.54 Å². The van der Waals surface area contributed by atoms with Gasteiger partial charge >= 0.3 is 0 Å². The summed E-state index contributed by atoms with van der Waals surface area (Å²) in [5, 5.41) is 2.99. The molecule has 1 aromatic carbocycles. The van der Waals surface area contributed by atoms with Crippen LogP contribution in [0.25, 0.3) is 0 Å². The minimum Gasteiger partial charge on any atom is -0.493 e. The van der Waals surface area contributed by atoms with Crippen LogP contribution in [0, 0.1) is 0 Å². The number of para-hydroxylation sites is 1. The molecule has 1 N–H and O–H groups in total. The van der Waals surface area contributed by atoms with Gasteiger partial charge < -0.3 is 15.0 Å². The summed E-state index contributed by atoms with van der Waals surface area (Å²) in [5.74, 6) is 0.620. The van der Waals surface area contributed by atoms with Crippen LogP contribution in [0.4, 0.5) is 0 Å². The first-order valence-electron chi connectivity index (χ1n) is 8.03. The third-order valence-corrected chi connectivity index (χ3v) is 3.82. The zero-order chi connectivity index (χ0) is 14.9. The minimum atomic E-state index is -0.0415. The van der Waals surface area contributed by atoms with Crippen molar-refractivity contribution in [3.8, 4) is 5.75 Å². The zero-order valence-corrected chi connectivity index (χ0v) is 12.9. The Hall–Kier alpha value is -1.55. The molecule has 1 saturated heterocycles. The first-order valence-corrected chi connectivity index (χ1v) is 8.03. The summed E-state index contributed by atoms with van der Waals surface area (Å²) >= 11 is 0. The number of carbonyl (C=O) groups excluding carboxylic acids is 1. The van der Waals surface area contributed by atoms with Crippen molar-refractivity contribution in [2.45, 2.75) is 32.6 Å². The number of nitrogens with zero attached hydrogens (tertiary/aromatic N) is 1. The van der Waals surface area contributed by atoms with Gasteiger partial charge in [0.1, 0.15) is 5.75 Å². The van der Waals surface area contributed by atoms with Crippen LogP contribution in [0.3, 0.4) is 0 Å². The quantitative estimate of drug-likeness (QED) is 0.748. The minimum absolute atomic E-state index is 0.0415. The molecular formula is C17H26N2O2. The van der Waals surface area contributed by atoms with E-state index in [1.165, 1.54) is 25.9 Å². The number of hydrogen-bond donors (Lipinski definition) is 1. The van der Waals surface area contributed by atoms with Crippen LogP contribution in [0.2, 0.25) is 0 Å². The Bertz CT molecular complexity index is 442. The van der Waals surface area contributed by atoms with Crippen molar-refractivity contribution >= 4 is 5.91 Å². The van der Waals surface area contributed by atoms with Gasteiger partial charge in [-0.2, -0.15) is 0 Å². The molecule has 4 heteroatoms. The van der Waals surface area contributed by atoms with E-state index in [9.17, 15) is 4.79 Å². The van der Waals surface area contributed by atoms with Gasteiger partial charge in [0.15, 0.2) is 0 Å². The lowest BCUT2D eigenvalue weighted by Gasteiger charge is -2.14. The van der Waals surface area contributed by atoms with E-state index in [4.69, 9.17) is 4.74 Å². The summed E-state index contributed by atoms with van der Waals surface area (Å²) in [6, 6.07) is 7.40. The summed E-state index contributed by atoms with van der Waals surface area (Å²) in [4.78, 5) is 14.7. The summed E-state index contributed by atoms with van der Waals surface area (Å²) in [7, 11) is 0. The Morgan fingerprint density at radius 1 is 1.24 bits per heavy atom. The molecule has 0 saturated carbocycles. The Balaban J connectivity index is 1.69. The Kier molecular flexibility index (Phi) is 6.54. The number of carbonyl (C=O) groups is 1. The normalized spacial score (nSPS) is 15.1. The van der Waals surface area contributed by atoms with Gasteiger partial charge in [-0.3, -0.25) is 4.79 Å². The molecule has 0 bridgehead atoms. The van der Waals surface area contributed by atoms with Crippen molar-refractivity contribution in [2.24, 2.45) is 0 Å². The van der Waals surface area contributed by atoms with Gasteiger partial charge in [0.25, 0.3) is 5.91 Å². The molecule has 116 valence electrons. The van der Waals surface area contributed by atoms with Gasteiger partial charge in [0.05, 0.1) is 12.2 Å². The fourth-order valence-corrected chi connectivity index (χ4v) is 2.70. The Morgan fingerprint density at radius 3 is 2.76 bits per heavy atom. The number of likely N-dealkylation sites (tertiary alicyclic amines) is 1. The first-order chi connectivity index (χ1) is 10.3. The lowest BCUT2D eigenvalue weighted by Crippen LogP contribution is -2.26. The molecular weight excluding hydrogens is 264 g/mol. The number of benzene rings is 1. The number of unbranched alkanes of at least 4 members (excludes halogenated alkanes) is 1. The maximum atomic E-state index is 12.2. The monoisotopic (exact) mass is 290 g/mol. The third-order valence-electron chi connectivity index (χ3n) is 3.82. The van der Waals surface area contributed by atoms with Gasteiger partial charge in [-0.1, -0.05) is 12.1 Å². The second-order valence-corrected chi connectivity index (χ2v) is 5.44. The van der Waals surface area contributed by atoms with Gasteiger partial charge in [-0.25, -0.2) is 0 Å². The van der Waals surface area contributed by atoms with Gasteiger partial charge in [0.2, 0.25) is 0 Å². The van der Waals surface area contributed by atoms with E-state index >= 15 is 0 Å². The third kappa shape index (κ3) is 5.05. The smallest absolute Gasteiger partial charge is 0.255 e. The summed E-state index contributed by atoms with van der Waals surface area (Å²) in [6.45, 7) is 6.87. The molecule has 0 radical (unpaired) electrons. The molecule has 0 aliphatic carbocycles. The molecule has 1 fully saturated rings. The van der Waals surface area contributed by atoms with Crippen LogP contribution in [0.5, 0.6) is 5.75 Å². The second kappa shape index (κ2) is 8.67. The lowest BCUT2D eigenvalue weighted by atomic mass is 10.2. The van der Waals surface area contributed by atoms with Crippen LogP contribution in [-0.2, 0) is 0 Å². The summed E-state index contributed by atoms with van der Waals surface area (Å²) < 4.78 is 5.49. The highest BCUT2D eigenvalue weighted by Crippen LogP contribution is 2.17. The lowest BCUT2D eigenvalue weighted by molar-refractivity contribution is 0.0949. The van der Waals surface area contributed by atoms with E-state index in [1.807, 2.05) is 31.2 Å². The van der Waals surface area contributed by atoms with E-state index in [0.29, 0.717) is 17.9 Å². The molecule has 1 aliphatic rings. The Morgan fingerprint density at radius 2 is 2.00 bits per heavy atom. The summed E-state index contributed by atoms with van der Waals surface area (Å²) in [5.41, 5.74) is 0.624. The van der Waals surface area contributed by atoms with E-state index < -0.39 is 0 Å². The maximum absolute atomic E-state index is 12.2. The van der Waals surface area contributed by atoms with Crippen molar-refractivity contribution in [3.63, 3.8) is 0 Å². The van der Waals surface area contributed by atoms with Crippen molar-refractivity contribution in [1.29, 1.82) is 0 Å². The van der Waals surface area contributed by atoms with Crippen molar-refractivity contribution < 1.29 is 9.53 Å². The largest absolute Gasteiger partial charge is 0.493 e. The highest BCUT2D eigenvalue weighted by atomic mass is 16.5. The van der Waals surface area contributed by atoms with Crippen LogP contribution >= 0.6 is 0 Å². The number of amides is 1. The zero-order valence-electron chi connectivity index (χ0n) is 12.9. The van der Waals surface area contributed by atoms with Gasteiger partial charge in [-0.05, 0) is 64.4 Å². The number of rotatable bonds is 8. The molecule has 1 aromatic rings. The standard InChI is InChI=1S/C17H26N2O2/c1-2-21-16-10-4-3-9-15(16)17(20)18-11-5-6-12-19-13-7-8-14-19/h3-4,9-10H,2,5-8,11-14H2,1H3,(H,18,20). The van der Waals surface area contributed by atoms with Crippen LogP contribution in [0.15, 0.2) is 24.3 Å². The number of ether oxygens (including phenoxy) is 1. The second-order valence-electron chi connectivity index (χ2n) is 5.44. The average Bonchev–Trinajstić information content (AvgIpc) is 3.01. The molecule has 4 nitrogen and oxygen atoms in total. The summed E-state index contributed by atoms with van der Waals surface area (Å²) in [6.07, 6.45) is 4.85. The highest BCUT2D eigenvalue weighted by molar-refractivity contribution is 5.96. The van der Waals surface area contributed by atoms with E-state index in [0.717, 1.165) is 25.9 Å². The van der Waals surface area contributed by atoms with Crippen LogP contribution < -0.4 is 10.1 Å². The van der Waals surface area contributed by atoms with Crippen LogP contribution in [0.1, 0.15) is 43.0 Å². The molecule has 1 heterocycles. The van der Waals surface area contributed by atoms with Crippen molar-refractivity contribution in [1.82, 2.24) is 10.2 Å². The van der Waals surface area contributed by atoms with E-state index in [1.54, 1.807) is 0 Å². The predicted molar refractivity (Wildman–Crippen MR) is 84.9 cm³/mol.